The predicted molar refractivity (Wildman–Crippen MR) is 159 cm³/mol. The lowest BCUT2D eigenvalue weighted by molar-refractivity contribution is -0.127. The maximum absolute atomic E-state index is 14.1. The lowest BCUT2D eigenvalue weighted by atomic mass is 9.90. The lowest BCUT2D eigenvalue weighted by Gasteiger charge is -2.33. The number of alkyl halides is 2. The summed E-state index contributed by atoms with van der Waals surface area (Å²) in [4.78, 5) is 30.8. The number of amides is 1. The summed E-state index contributed by atoms with van der Waals surface area (Å²) >= 11 is 0. The van der Waals surface area contributed by atoms with Crippen molar-refractivity contribution >= 4 is 28.7 Å². The van der Waals surface area contributed by atoms with Crippen molar-refractivity contribution in [1.82, 2.24) is 29.7 Å². The minimum atomic E-state index is -2.76. The first-order valence-corrected chi connectivity index (χ1v) is 14.7. The van der Waals surface area contributed by atoms with Gasteiger partial charge in [0, 0.05) is 37.8 Å². The minimum absolute atomic E-state index is 0. The maximum atomic E-state index is 14.1. The number of piperidine rings is 1. The van der Waals surface area contributed by atoms with Crippen LogP contribution >= 0.6 is 0 Å². The number of ether oxygens (including phenoxy) is 1. The number of rotatable bonds is 7. The Morgan fingerprint density at radius 3 is 2.48 bits per heavy atom. The summed E-state index contributed by atoms with van der Waals surface area (Å²) < 4.78 is 35.2. The van der Waals surface area contributed by atoms with E-state index in [4.69, 9.17) is 14.7 Å². The third-order valence-electron chi connectivity index (χ3n) is 8.43. The van der Waals surface area contributed by atoms with E-state index in [9.17, 15) is 13.6 Å². The molecule has 3 fully saturated rings. The average Bonchev–Trinajstić information content (AvgIpc) is 3.39. The van der Waals surface area contributed by atoms with Crippen LogP contribution in [0, 0.1) is 5.92 Å². The van der Waals surface area contributed by atoms with Gasteiger partial charge in [-0.2, -0.15) is 9.97 Å². The minimum Gasteiger partial charge on any atom is -0.378 e. The molecule has 228 valence electrons. The molecule has 1 aromatic carbocycles. The van der Waals surface area contributed by atoms with E-state index in [1.807, 2.05) is 11.0 Å². The van der Waals surface area contributed by atoms with E-state index >= 15 is 0 Å². The second-order valence-electron chi connectivity index (χ2n) is 11.4. The first-order valence-electron chi connectivity index (χ1n) is 14.7. The number of carbonyl (C=O) groups is 1. The van der Waals surface area contributed by atoms with Gasteiger partial charge in [0.25, 0.3) is 6.43 Å². The lowest BCUT2D eigenvalue weighted by Crippen LogP contribution is -2.46. The van der Waals surface area contributed by atoms with Crippen molar-refractivity contribution in [3.63, 3.8) is 0 Å². The van der Waals surface area contributed by atoms with E-state index in [-0.39, 0.29) is 37.2 Å². The highest BCUT2D eigenvalue weighted by atomic mass is 19.3. The molecular formula is C30H42F2N8O2. The number of aromatic nitrogens is 4. The van der Waals surface area contributed by atoms with Crippen LogP contribution in [0.2, 0.25) is 0 Å². The fourth-order valence-electron chi connectivity index (χ4n) is 6.24. The van der Waals surface area contributed by atoms with Gasteiger partial charge in [-0.25, -0.2) is 13.8 Å². The molecule has 3 aliphatic rings. The number of halogens is 2. The van der Waals surface area contributed by atoms with Crippen molar-refractivity contribution in [2.24, 2.45) is 5.92 Å². The van der Waals surface area contributed by atoms with Crippen LogP contribution in [0.25, 0.3) is 16.9 Å². The molecule has 4 heterocycles. The molecule has 2 N–H and O–H groups in total. The van der Waals surface area contributed by atoms with Crippen LogP contribution in [0.4, 0.5) is 20.5 Å². The summed E-state index contributed by atoms with van der Waals surface area (Å²) in [5, 5.41) is 6.84. The van der Waals surface area contributed by atoms with Gasteiger partial charge in [0.05, 0.1) is 30.2 Å². The van der Waals surface area contributed by atoms with E-state index in [2.05, 4.69) is 27.6 Å². The molecule has 3 aromatic rings. The Bertz CT molecular complexity index is 1350. The number of nitrogens with zero attached hydrogens (tertiary/aromatic N) is 6. The Kier molecular flexibility index (Phi) is 9.52. The van der Waals surface area contributed by atoms with Crippen molar-refractivity contribution in [2.45, 2.75) is 64.5 Å². The molecule has 1 atom stereocenters. The second kappa shape index (κ2) is 13.3. The molecule has 2 saturated heterocycles. The molecule has 1 saturated carbocycles. The number of carbonyl (C=O) groups excluding carboxylic acids is 1. The van der Waals surface area contributed by atoms with Gasteiger partial charge >= 0.3 is 0 Å². The van der Waals surface area contributed by atoms with Crippen molar-refractivity contribution in [3.05, 3.63) is 36.2 Å². The molecular weight excluding hydrogens is 542 g/mol. The Balaban J connectivity index is 0.00000353. The second-order valence-corrected chi connectivity index (χ2v) is 11.4. The smallest absolute Gasteiger partial charge is 0.296 e. The summed E-state index contributed by atoms with van der Waals surface area (Å²) in [5.41, 5.74) is 1.06. The Morgan fingerprint density at radius 2 is 1.74 bits per heavy atom. The van der Waals surface area contributed by atoms with Crippen LogP contribution in [-0.2, 0) is 9.53 Å². The Labute approximate surface area is 245 Å². The number of nitrogens with one attached hydrogen (secondary N) is 2. The summed E-state index contributed by atoms with van der Waals surface area (Å²) in [6.45, 7) is 4.23. The summed E-state index contributed by atoms with van der Waals surface area (Å²) in [7, 11) is 2.07. The number of para-hydroxylation sites is 2. The zero-order valence-corrected chi connectivity index (χ0v) is 23.4. The van der Waals surface area contributed by atoms with E-state index < -0.39 is 6.43 Å². The number of morpholine rings is 1. The molecule has 1 aliphatic carbocycles. The van der Waals surface area contributed by atoms with E-state index in [0.29, 0.717) is 54.9 Å². The predicted octanol–water partition coefficient (Wildman–Crippen LogP) is 4.41. The Hall–Kier alpha value is -3.38. The van der Waals surface area contributed by atoms with Gasteiger partial charge < -0.3 is 25.2 Å². The van der Waals surface area contributed by atoms with Gasteiger partial charge in [0.1, 0.15) is 11.6 Å². The van der Waals surface area contributed by atoms with E-state index in [1.165, 1.54) is 4.57 Å². The van der Waals surface area contributed by atoms with Gasteiger partial charge in [-0.05, 0) is 64.3 Å². The number of imidazole rings is 1. The molecule has 10 nitrogen and oxygen atoms in total. The molecule has 2 aromatic heterocycles. The highest BCUT2D eigenvalue weighted by molar-refractivity contribution is 5.79. The molecule has 2 aliphatic heterocycles. The molecule has 12 heteroatoms. The van der Waals surface area contributed by atoms with Crippen LogP contribution in [0.3, 0.4) is 0 Å². The molecule has 42 heavy (non-hydrogen) atoms. The monoisotopic (exact) mass is 584 g/mol. The number of likely N-dealkylation sites (tertiary alicyclic amines) is 1. The number of benzene rings is 1. The van der Waals surface area contributed by atoms with Crippen LogP contribution in [0.15, 0.2) is 30.3 Å². The van der Waals surface area contributed by atoms with Gasteiger partial charge in [0.2, 0.25) is 11.9 Å². The molecule has 1 unspecified atom stereocenters. The molecule has 0 spiro atoms. The largest absolute Gasteiger partial charge is 0.378 e. The summed E-state index contributed by atoms with van der Waals surface area (Å²) in [6.07, 6.45) is 2.75. The fourth-order valence-corrected chi connectivity index (χ4v) is 6.24. The van der Waals surface area contributed by atoms with Gasteiger partial charge in [-0.15, -0.1) is 0 Å². The number of hydrogen-bond donors (Lipinski definition) is 2. The first-order chi connectivity index (χ1) is 19.9. The highest BCUT2D eigenvalue weighted by Crippen LogP contribution is 2.30. The third-order valence-corrected chi connectivity index (χ3v) is 8.43. The van der Waals surface area contributed by atoms with Crippen LogP contribution < -0.4 is 15.5 Å². The average molecular weight is 585 g/mol. The third kappa shape index (κ3) is 6.64. The van der Waals surface area contributed by atoms with E-state index in [1.54, 1.807) is 24.3 Å². The standard InChI is InChI=1S/C29H38F2N8O2.CH4/c1-37-12-4-5-19(18-37)28(40)33-21-10-8-20(9-11-21)32-24-17-25(36-29(35-24)38-13-15-41-16-14-38)39-23-7-3-2-6-22(23)34-27(39)26(30)31;/h2-3,6-7,17,19-21,26H,4-5,8-16,18H2,1H3,(H,33,40)(H,32,35,36);1H4. The van der Waals surface area contributed by atoms with Crippen LogP contribution in [0.5, 0.6) is 0 Å². The normalized spacial score (nSPS) is 23.5. The number of fused-ring (bicyclic) bond motifs is 1. The van der Waals surface area contributed by atoms with Gasteiger partial charge in [-0.1, -0.05) is 19.6 Å². The topological polar surface area (TPSA) is 100 Å². The fraction of sp³-hybridized carbons (Fsp3) is 0.600. The van der Waals surface area contributed by atoms with Crippen molar-refractivity contribution in [3.8, 4) is 5.82 Å². The first kappa shape index (κ1) is 30.1. The number of anilines is 2. The van der Waals surface area contributed by atoms with Crippen molar-refractivity contribution in [1.29, 1.82) is 0 Å². The molecule has 0 radical (unpaired) electrons. The number of hydrogen-bond acceptors (Lipinski definition) is 8. The SMILES string of the molecule is C.CN1CCCC(C(=O)NC2CCC(Nc3cc(-n4c(C(F)F)nc5ccccc54)nc(N4CCOCC4)n3)CC2)C1. The molecule has 0 bridgehead atoms. The van der Waals surface area contributed by atoms with Gasteiger partial charge in [-0.3, -0.25) is 9.36 Å². The molecule has 6 rings (SSSR count). The summed E-state index contributed by atoms with van der Waals surface area (Å²) in [5.74, 6) is 1.32. The quantitative estimate of drug-likeness (QED) is 0.422. The Morgan fingerprint density at radius 1 is 1.00 bits per heavy atom. The van der Waals surface area contributed by atoms with E-state index in [0.717, 1.165) is 51.6 Å². The zero-order valence-electron chi connectivity index (χ0n) is 23.4. The maximum Gasteiger partial charge on any atom is 0.296 e. The van der Waals surface area contributed by atoms with Crippen molar-refractivity contribution in [2.75, 3.05) is 56.7 Å². The molecule has 1 amide bonds. The van der Waals surface area contributed by atoms with Gasteiger partial charge in [0.15, 0.2) is 5.82 Å². The van der Waals surface area contributed by atoms with Crippen LogP contribution in [-0.4, -0.2) is 88.9 Å². The van der Waals surface area contributed by atoms with Crippen molar-refractivity contribution < 1.29 is 18.3 Å². The summed E-state index contributed by atoms with van der Waals surface area (Å²) in [6, 6.07) is 9.15. The van der Waals surface area contributed by atoms with Crippen LogP contribution in [0.1, 0.15) is 58.2 Å². The highest BCUT2D eigenvalue weighted by Gasteiger charge is 2.29. The zero-order chi connectivity index (χ0) is 28.3.